The van der Waals surface area contributed by atoms with Crippen molar-refractivity contribution in [1.82, 2.24) is 0 Å². The lowest BCUT2D eigenvalue weighted by molar-refractivity contribution is -0.124. The van der Waals surface area contributed by atoms with Gasteiger partial charge in [-0.05, 0) is 19.3 Å². The number of rotatable bonds is 2. The first-order chi connectivity index (χ1) is 4.75. The summed E-state index contributed by atoms with van der Waals surface area (Å²) in [6, 6.07) is 0. The smallest absolute Gasteiger partial charge is 0.223 e. The fourth-order valence-corrected chi connectivity index (χ4v) is 1.53. The summed E-state index contributed by atoms with van der Waals surface area (Å²) >= 11 is 0. The van der Waals surface area contributed by atoms with E-state index in [1.54, 1.807) is 7.11 Å². The van der Waals surface area contributed by atoms with E-state index in [4.69, 9.17) is 10.5 Å². The van der Waals surface area contributed by atoms with Crippen LogP contribution in [0, 0.1) is 5.92 Å². The van der Waals surface area contributed by atoms with Gasteiger partial charge < -0.3 is 10.5 Å². The molecule has 1 aliphatic rings. The molecule has 0 heterocycles. The Morgan fingerprint density at radius 2 is 2.30 bits per heavy atom. The predicted octanol–water partition coefficient (Wildman–Crippen LogP) is 0.287. The number of methoxy groups -OCH3 is 1. The predicted molar refractivity (Wildman–Crippen MR) is 37.3 cm³/mol. The summed E-state index contributed by atoms with van der Waals surface area (Å²) in [5.74, 6) is -0.255. The van der Waals surface area contributed by atoms with Crippen molar-refractivity contribution < 1.29 is 9.53 Å². The van der Waals surface area contributed by atoms with Crippen LogP contribution in [0.5, 0.6) is 0 Å². The monoisotopic (exact) mass is 143 g/mol. The summed E-state index contributed by atoms with van der Waals surface area (Å²) < 4.78 is 5.08. The second-order valence-corrected chi connectivity index (χ2v) is 2.71. The third-order valence-electron chi connectivity index (χ3n) is 2.12. The van der Waals surface area contributed by atoms with Crippen LogP contribution in [0.4, 0.5) is 0 Å². The Kier molecular flexibility index (Phi) is 2.27. The normalized spacial score (nSPS) is 32.5. The molecule has 0 aliphatic heterocycles. The van der Waals surface area contributed by atoms with Crippen molar-refractivity contribution in [1.29, 1.82) is 0 Å². The van der Waals surface area contributed by atoms with Crippen molar-refractivity contribution in [3.63, 3.8) is 0 Å². The molecule has 3 heteroatoms. The van der Waals surface area contributed by atoms with Gasteiger partial charge in [-0.25, -0.2) is 0 Å². The van der Waals surface area contributed by atoms with Gasteiger partial charge in [0.2, 0.25) is 5.91 Å². The molecule has 2 atom stereocenters. The lowest BCUT2D eigenvalue weighted by Crippen LogP contribution is -2.30. The van der Waals surface area contributed by atoms with Crippen LogP contribution in [0.3, 0.4) is 0 Å². The van der Waals surface area contributed by atoms with E-state index in [1.807, 2.05) is 0 Å². The van der Waals surface area contributed by atoms with Crippen LogP contribution < -0.4 is 5.73 Å². The first-order valence-electron chi connectivity index (χ1n) is 3.58. The second kappa shape index (κ2) is 3.01. The van der Waals surface area contributed by atoms with Crippen molar-refractivity contribution in [3.8, 4) is 0 Å². The summed E-state index contributed by atoms with van der Waals surface area (Å²) in [6.45, 7) is 0. The molecule has 58 valence electrons. The quantitative estimate of drug-likeness (QED) is 0.604. The molecule has 0 bridgehead atoms. The fraction of sp³-hybridized carbons (Fsp3) is 0.857. The summed E-state index contributed by atoms with van der Waals surface area (Å²) in [4.78, 5) is 10.7. The first-order valence-corrected chi connectivity index (χ1v) is 3.58. The Labute approximate surface area is 60.5 Å². The molecule has 0 spiro atoms. The molecule has 10 heavy (non-hydrogen) atoms. The zero-order chi connectivity index (χ0) is 7.56. The maximum atomic E-state index is 10.7. The standard InChI is InChI=1S/C7H13NO2/c1-10-6-4-2-3-5(6)7(8)9/h5-6H,2-4H2,1H3,(H2,8,9). The number of carbonyl (C=O) groups is 1. The summed E-state index contributed by atoms with van der Waals surface area (Å²) in [6.07, 6.45) is 3.02. The van der Waals surface area contributed by atoms with Crippen LogP contribution in [0.15, 0.2) is 0 Å². The van der Waals surface area contributed by atoms with Crippen LogP contribution in [0.25, 0.3) is 0 Å². The maximum Gasteiger partial charge on any atom is 0.223 e. The first kappa shape index (κ1) is 7.54. The van der Waals surface area contributed by atoms with Crippen LogP contribution in [0.1, 0.15) is 19.3 Å². The fourth-order valence-electron chi connectivity index (χ4n) is 1.53. The largest absolute Gasteiger partial charge is 0.381 e. The lowest BCUT2D eigenvalue weighted by atomic mass is 10.1. The number of hydrogen-bond acceptors (Lipinski definition) is 2. The molecule has 0 aromatic carbocycles. The molecule has 2 N–H and O–H groups in total. The van der Waals surface area contributed by atoms with E-state index < -0.39 is 0 Å². The zero-order valence-electron chi connectivity index (χ0n) is 6.17. The summed E-state index contributed by atoms with van der Waals surface area (Å²) in [5, 5.41) is 0. The minimum atomic E-state index is -0.218. The van der Waals surface area contributed by atoms with Gasteiger partial charge in [0.1, 0.15) is 0 Å². The van der Waals surface area contributed by atoms with Gasteiger partial charge in [0.25, 0.3) is 0 Å². The summed E-state index contributed by atoms with van der Waals surface area (Å²) in [5.41, 5.74) is 5.14. The topological polar surface area (TPSA) is 52.3 Å². The van der Waals surface area contributed by atoms with Crippen LogP contribution in [0.2, 0.25) is 0 Å². The van der Waals surface area contributed by atoms with Gasteiger partial charge in [0, 0.05) is 7.11 Å². The number of hydrogen-bond donors (Lipinski definition) is 1. The number of carbonyl (C=O) groups excluding carboxylic acids is 1. The van der Waals surface area contributed by atoms with Crippen LogP contribution >= 0.6 is 0 Å². The highest BCUT2D eigenvalue weighted by Gasteiger charge is 2.31. The van der Waals surface area contributed by atoms with Gasteiger partial charge in [0.15, 0.2) is 0 Å². The van der Waals surface area contributed by atoms with Gasteiger partial charge in [-0.1, -0.05) is 0 Å². The molecule has 1 saturated carbocycles. The molecule has 1 amide bonds. The van der Waals surface area contributed by atoms with Crippen molar-refractivity contribution in [2.75, 3.05) is 7.11 Å². The lowest BCUT2D eigenvalue weighted by Gasteiger charge is -2.13. The van der Waals surface area contributed by atoms with Gasteiger partial charge in [-0.2, -0.15) is 0 Å². The number of primary amides is 1. The Bertz CT molecular complexity index is 136. The molecule has 0 aromatic rings. The summed E-state index contributed by atoms with van der Waals surface area (Å²) in [7, 11) is 1.63. The van der Waals surface area contributed by atoms with Gasteiger partial charge in [-0.3, -0.25) is 4.79 Å². The molecule has 1 fully saturated rings. The van der Waals surface area contributed by atoms with Crippen molar-refractivity contribution in [2.45, 2.75) is 25.4 Å². The second-order valence-electron chi connectivity index (χ2n) is 2.71. The van der Waals surface area contributed by atoms with Crippen molar-refractivity contribution >= 4 is 5.91 Å². The third-order valence-corrected chi connectivity index (χ3v) is 2.12. The van der Waals surface area contributed by atoms with E-state index in [-0.39, 0.29) is 17.9 Å². The number of ether oxygens (including phenoxy) is 1. The number of nitrogens with two attached hydrogens (primary N) is 1. The van der Waals surface area contributed by atoms with E-state index in [2.05, 4.69) is 0 Å². The molecule has 0 radical (unpaired) electrons. The van der Waals surface area contributed by atoms with Crippen LogP contribution in [-0.4, -0.2) is 19.1 Å². The third kappa shape index (κ3) is 1.29. The van der Waals surface area contributed by atoms with E-state index in [0.717, 1.165) is 19.3 Å². The minimum Gasteiger partial charge on any atom is -0.381 e. The highest BCUT2D eigenvalue weighted by molar-refractivity contribution is 5.77. The zero-order valence-corrected chi connectivity index (χ0v) is 6.17. The van der Waals surface area contributed by atoms with Gasteiger partial charge in [0.05, 0.1) is 12.0 Å². The number of amides is 1. The Balaban J connectivity index is 2.50. The molecule has 0 saturated heterocycles. The van der Waals surface area contributed by atoms with E-state index in [9.17, 15) is 4.79 Å². The molecule has 3 nitrogen and oxygen atoms in total. The van der Waals surface area contributed by atoms with Crippen LogP contribution in [-0.2, 0) is 9.53 Å². The highest BCUT2D eigenvalue weighted by atomic mass is 16.5. The van der Waals surface area contributed by atoms with E-state index >= 15 is 0 Å². The molecule has 1 rings (SSSR count). The van der Waals surface area contributed by atoms with Gasteiger partial charge >= 0.3 is 0 Å². The van der Waals surface area contributed by atoms with Crippen molar-refractivity contribution in [3.05, 3.63) is 0 Å². The molecule has 2 unspecified atom stereocenters. The average Bonchev–Trinajstić information content (AvgIpc) is 2.33. The van der Waals surface area contributed by atoms with E-state index in [0.29, 0.717) is 0 Å². The molecular weight excluding hydrogens is 130 g/mol. The van der Waals surface area contributed by atoms with Crippen molar-refractivity contribution in [2.24, 2.45) is 11.7 Å². The Morgan fingerprint density at radius 3 is 2.70 bits per heavy atom. The Hall–Kier alpha value is -0.570. The Morgan fingerprint density at radius 1 is 1.60 bits per heavy atom. The highest BCUT2D eigenvalue weighted by Crippen LogP contribution is 2.27. The molecular formula is C7H13NO2. The molecule has 0 aromatic heterocycles. The maximum absolute atomic E-state index is 10.7. The SMILES string of the molecule is COC1CCCC1C(N)=O. The van der Waals surface area contributed by atoms with E-state index in [1.165, 1.54) is 0 Å². The average molecular weight is 143 g/mol. The minimum absolute atomic E-state index is 0.0370. The van der Waals surface area contributed by atoms with Gasteiger partial charge in [-0.15, -0.1) is 0 Å². The molecule has 1 aliphatic carbocycles.